The quantitative estimate of drug-likeness (QED) is 0.715. The van der Waals surface area contributed by atoms with Crippen LogP contribution in [0, 0.1) is 5.92 Å². The summed E-state index contributed by atoms with van der Waals surface area (Å²) in [6.07, 6.45) is -0.259. The zero-order valence-corrected chi connectivity index (χ0v) is 10.8. The lowest BCUT2D eigenvalue weighted by Gasteiger charge is -2.38. The van der Waals surface area contributed by atoms with Crippen LogP contribution in [0.4, 0.5) is 4.79 Å². The van der Waals surface area contributed by atoms with Crippen LogP contribution in [0.5, 0.6) is 0 Å². The lowest BCUT2D eigenvalue weighted by atomic mass is 10.1. The summed E-state index contributed by atoms with van der Waals surface area (Å²) in [5.74, 6) is 0.419. The van der Waals surface area contributed by atoms with Crippen molar-refractivity contribution >= 4 is 6.09 Å². The molecular formula is C11H24N2O2. The molecule has 0 aliphatic heterocycles. The molecule has 0 aliphatic rings. The average molecular weight is 216 g/mol. The molecule has 0 bridgehead atoms. The monoisotopic (exact) mass is 216 g/mol. The Hall–Kier alpha value is -0.770. The first-order valence-electron chi connectivity index (χ1n) is 5.48. The molecule has 0 saturated carbocycles. The number of ether oxygens (including phenoxy) is 1. The minimum Gasteiger partial charge on any atom is -0.450 e. The van der Waals surface area contributed by atoms with Crippen molar-refractivity contribution in [2.24, 2.45) is 5.92 Å². The molecule has 1 amide bonds. The summed E-state index contributed by atoms with van der Waals surface area (Å²) in [5.41, 5.74) is -0.378. The molecule has 15 heavy (non-hydrogen) atoms. The van der Waals surface area contributed by atoms with Gasteiger partial charge in [-0.15, -0.1) is 0 Å². The van der Waals surface area contributed by atoms with E-state index in [1.54, 1.807) is 4.90 Å². The maximum absolute atomic E-state index is 11.7. The van der Waals surface area contributed by atoms with Gasteiger partial charge in [-0.05, 0) is 33.7 Å². The third-order valence-electron chi connectivity index (χ3n) is 2.32. The Morgan fingerprint density at radius 2 is 2.00 bits per heavy atom. The van der Waals surface area contributed by atoms with Crippen molar-refractivity contribution in [3.8, 4) is 0 Å². The van der Waals surface area contributed by atoms with Gasteiger partial charge in [0.25, 0.3) is 0 Å². The average Bonchev–Trinajstić information content (AvgIpc) is 2.14. The van der Waals surface area contributed by atoms with Crippen LogP contribution in [0.3, 0.4) is 0 Å². The molecule has 0 unspecified atom stereocenters. The van der Waals surface area contributed by atoms with Crippen LogP contribution in [0.2, 0.25) is 0 Å². The summed E-state index contributed by atoms with van der Waals surface area (Å²) >= 11 is 0. The molecule has 0 heterocycles. The second-order valence-corrected chi connectivity index (χ2v) is 4.51. The second-order valence-electron chi connectivity index (χ2n) is 4.51. The molecule has 0 spiro atoms. The molecular weight excluding hydrogens is 192 g/mol. The summed E-state index contributed by atoms with van der Waals surface area (Å²) in [6, 6.07) is 0. The smallest absolute Gasteiger partial charge is 0.411 e. The number of hydrogen-bond donors (Lipinski definition) is 1. The molecule has 0 fully saturated rings. The van der Waals surface area contributed by atoms with Crippen molar-refractivity contribution in [2.75, 3.05) is 20.2 Å². The summed E-state index contributed by atoms with van der Waals surface area (Å²) in [5, 5.41) is 3.11. The largest absolute Gasteiger partial charge is 0.450 e. The van der Waals surface area contributed by atoms with Gasteiger partial charge in [0.1, 0.15) is 0 Å². The molecule has 90 valence electrons. The molecule has 0 aliphatic carbocycles. The van der Waals surface area contributed by atoms with Gasteiger partial charge in [0.2, 0.25) is 0 Å². The highest BCUT2D eigenvalue weighted by molar-refractivity contribution is 5.68. The summed E-state index contributed by atoms with van der Waals surface area (Å²) in [7, 11) is 1.84. The van der Waals surface area contributed by atoms with Crippen LogP contribution >= 0.6 is 0 Å². The second kappa shape index (κ2) is 5.95. The normalized spacial score (nSPS) is 11.7. The van der Waals surface area contributed by atoms with Crippen LogP contribution in [0.25, 0.3) is 0 Å². The Morgan fingerprint density at radius 1 is 1.47 bits per heavy atom. The molecule has 0 saturated heterocycles. The van der Waals surface area contributed by atoms with Crippen molar-refractivity contribution in [2.45, 2.75) is 40.3 Å². The van der Waals surface area contributed by atoms with Gasteiger partial charge in [0.15, 0.2) is 0 Å². The number of amides is 1. The highest BCUT2D eigenvalue weighted by Gasteiger charge is 2.30. The lowest BCUT2D eigenvalue weighted by molar-refractivity contribution is 0.0478. The lowest BCUT2D eigenvalue weighted by Crippen LogP contribution is -2.56. The first-order valence-corrected chi connectivity index (χ1v) is 5.48. The first-order chi connectivity index (χ1) is 6.85. The summed E-state index contributed by atoms with van der Waals surface area (Å²) < 4.78 is 5.04. The van der Waals surface area contributed by atoms with Gasteiger partial charge < -0.3 is 4.74 Å². The fraction of sp³-hybridized carbons (Fsp3) is 0.909. The predicted octanol–water partition coefficient (Wildman–Crippen LogP) is 2.06. The number of carbonyl (C=O) groups is 1. The number of nitrogens with one attached hydrogen (secondary N) is 1. The molecule has 4 nitrogen and oxygen atoms in total. The Kier molecular flexibility index (Phi) is 5.65. The van der Waals surface area contributed by atoms with Gasteiger partial charge in [0.05, 0.1) is 12.3 Å². The molecule has 1 N–H and O–H groups in total. The van der Waals surface area contributed by atoms with E-state index in [2.05, 4.69) is 19.2 Å². The number of hydrogen-bond acceptors (Lipinski definition) is 3. The van der Waals surface area contributed by atoms with E-state index in [4.69, 9.17) is 4.74 Å². The summed E-state index contributed by atoms with van der Waals surface area (Å²) in [6.45, 7) is 11.0. The van der Waals surface area contributed by atoms with Crippen molar-refractivity contribution in [1.29, 1.82) is 0 Å². The minimum absolute atomic E-state index is 0.259. The zero-order chi connectivity index (χ0) is 12.1. The van der Waals surface area contributed by atoms with E-state index in [1.165, 1.54) is 0 Å². The highest BCUT2D eigenvalue weighted by atomic mass is 16.6. The van der Waals surface area contributed by atoms with Crippen molar-refractivity contribution in [3.05, 3.63) is 0 Å². The van der Waals surface area contributed by atoms with E-state index in [-0.39, 0.29) is 11.8 Å². The first kappa shape index (κ1) is 14.2. The topological polar surface area (TPSA) is 41.6 Å². The molecule has 0 aromatic rings. The number of nitrogens with zero attached hydrogens (tertiary/aromatic N) is 1. The minimum atomic E-state index is -0.378. The van der Waals surface area contributed by atoms with Crippen LogP contribution in [-0.4, -0.2) is 36.9 Å². The maximum atomic E-state index is 11.7. The van der Waals surface area contributed by atoms with Gasteiger partial charge in [-0.25, -0.2) is 4.79 Å². The molecule has 0 aromatic carbocycles. The van der Waals surface area contributed by atoms with Gasteiger partial charge in [-0.2, -0.15) is 0 Å². The Labute approximate surface area is 93.0 Å². The molecule has 0 rings (SSSR count). The molecule has 0 radical (unpaired) electrons. The zero-order valence-electron chi connectivity index (χ0n) is 10.8. The van der Waals surface area contributed by atoms with E-state index >= 15 is 0 Å². The van der Waals surface area contributed by atoms with Crippen LogP contribution in [0.15, 0.2) is 0 Å². The van der Waals surface area contributed by atoms with E-state index in [0.717, 1.165) is 0 Å². The standard InChI is InChI=1S/C11H24N2O2/c1-7-15-10(14)13(8-9(2)3)11(4,5)12-6/h9,12H,7-8H2,1-6H3. The number of carbonyl (C=O) groups excluding carboxylic acids is 1. The van der Waals surface area contributed by atoms with Crippen LogP contribution in [0.1, 0.15) is 34.6 Å². The third kappa shape index (κ3) is 4.51. The third-order valence-corrected chi connectivity index (χ3v) is 2.32. The molecule has 4 heteroatoms. The van der Waals surface area contributed by atoms with Crippen molar-refractivity contribution in [3.63, 3.8) is 0 Å². The number of rotatable bonds is 5. The van der Waals surface area contributed by atoms with Crippen LogP contribution in [-0.2, 0) is 4.74 Å². The fourth-order valence-corrected chi connectivity index (χ4v) is 1.23. The van der Waals surface area contributed by atoms with Crippen molar-refractivity contribution < 1.29 is 9.53 Å². The van der Waals surface area contributed by atoms with E-state index in [9.17, 15) is 4.79 Å². The Balaban J connectivity index is 4.64. The predicted molar refractivity (Wildman–Crippen MR) is 61.7 cm³/mol. The maximum Gasteiger partial charge on any atom is 0.411 e. The van der Waals surface area contributed by atoms with E-state index in [0.29, 0.717) is 19.1 Å². The Bertz CT molecular complexity index is 203. The SMILES string of the molecule is CCOC(=O)N(CC(C)C)C(C)(C)NC. The molecule has 0 atom stereocenters. The highest BCUT2D eigenvalue weighted by Crippen LogP contribution is 2.14. The fourth-order valence-electron chi connectivity index (χ4n) is 1.23. The van der Waals surface area contributed by atoms with Gasteiger partial charge in [-0.1, -0.05) is 13.8 Å². The molecule has 0 aromatic heterocycles. The van der Waals surface area contributed by atoms with Gasteiger partial charge >= 0.3 is 6.09 Å². The van der Waals surface area contributed by atoms with E-state index in [1.807, 2.05) is 27.8 Å². The van der Waals surface area contributed by atoms with Crippen LogP contribution < -0.4 is 5.32 Å². The van der Waals surface area contributed by atoms with Gasteiger partial charge in [0, 0.05) is 6.54 Å². The van der Waals surface area contributed by atoms with Gasteiger partial charge in [-0.3, -0.25) is 10.2 Å². The summed E-state index contributed by atoms with van der Waals surface area (Å²) in [4.78, 5) is 13.5. The van der Waals surface area contributed by atoms with E-state index < -0.39 is 0 Å². The Morgan fingerprint density at radius 3 is 2.33 bits per heavy atom. The van der Waals surface area contributed by atoms with Crippen molar-refractivity contribution in [1.82, 2.24) is 10.2 Å².